The van der Waals surface area contributed by atoms with Crippen LogP contribution in [0.5, 0.6) is 0 Å². The van der Waals surface area contributed by atoms with Crippen molar-refractivity contribution in [2.24, 2.45) is 5.92 Å². The zero-order chi connectivity index (χ0) is 17.3. The molecule has 0 rings (SSSR count). The highest BCUT2D eigenvalue weighted by atomic mass is 16.3. The van der Waals surface area contributed by atoms with Crippen LogP contribution in [0.15, 0.2) is 48.6 Å². The number of rotatable bonds is 12. The lowest BCUT2D eigenvalue weighted by molar-refractivity contribution is -0.116. The molecule has 0 aliphatic rings. The fourth-order valence-electron chi connectivity index (χ4n) is 1.79. The lowest BCUT2D eigenvalue weighted by atomic mass is 10.1. The van der Waals surface area contributed by atoms with Crippen LogP contribution in [0.1, 0.15) is 52.9 Å². The minimum absolute atomic E-state index is 0.0566. The number of unbranched alkanes of at least 4 members (excludes halogenated alkanes) is 2. The third kappa shape index (κ3) is 16.6. The molecule has 3 heteroatoms. The van der Waals surface area contributed by atoms with E-state index < -0.39 is 0 Å². The molecule has 0 unspecified atom stereocenters. The Labute approximate surface area is 141 Å². The molecule has 0 saturated heterocycles. The summed E-state index contributed by atoms with van der Waals surface area (Å²) in [6.07, 6.45) is 19.5. The summed E-state index contributed by atoms with van der Waals surface area (Å²) < 4.78 is 0. The first kappa shape index (κ1) is 21.4. The van der Waals surface area contributed by atoms with E-state index in [-0.39, 0.29) is 12.0 Å². The maximum absolute atomic E-state index is 11.4. The average molecular weight is 319 g/mol. The van der Waals surface area contributed by atoms with E-state index in [2.05, 4.69) is 26.1 Å². The Balaban J connectivity index is 3.77. The van der Waals surface area contributed by atoms with E-state index in [0.29, 0.717) is 12.5 Å². The molecular weight excluding hydrogens is 286 g/mol. The maximum atomic E-state index is 11.4. The highest BCUT2D eigenvalue weighted by Gasteiger charge is 1.96. The third-order valence-electron chi connectivity index (χ3n) is 3.14. The van der Waals surface area contributed by atoms with Gasteiger partial charge in [-0.25, -0.2) is 0 Å². The maximum Gasteiger partial charge on any atom is 0.243 e. The number of aliphatic hydroxyl groups excluding tert-OH is 1. The van der Waals surface area contributed by atoms with Crippen molar-refractivity contribution < 1.29 is 9.90 Å². The summed E-state index contributed by atoms with van der Waals surface area (Å²) in [5.41, 5.74) is 0. The third-order valence-corrected chi connectivity index (χ3v) is 3.14. The van der Waals surface area contributed by atoms with E-state index in [1.807, 2.05) is 36.5 Å². The van der Waals surface area contributed by atoms with Crippen molar-refractivity contribution in [1.82, 2.24) is 5.32 Å². The van der Waals surface area contributed by atoms with Crippen LogP contribution in [0, 0.1) is 5.92 Å². The molecule has 130 valence electrons. The first-order valence-electron chi connectivity index (χ1n) is 8.68. The summed E-state index contributed by atoms with van der Waals surface area (Å²) in [5, 5.41) is 12.5. The van der Waals surface area contributed by atoms with Crippen molar-refractivity contribution in [2.45, 2.75) is 59.0 Å². The summed E-state index contributed by atoms with van der Waals surface area (Å²) in [7, 11) is 0. The van der Waals surface area contributed by atoms with Gasteiger partial charge >= 0.3 is 0 Å². The van der Waals surface area contributed by atoms with Gasteiger partial charge in [0.15, 0.2) is 0 Å². The standard InChI is InChI=1S/C20H33NO2/c1-4-5-11-14-19(22)15-12-9-7-6-8-10-13-16-20(23)21-17-18(2)3/h7-10,12-13,15-16,18-19,22H,4-6,11,14,17H2,1-3H3,(H,21,23)/b9-7+,10-8-,15-12+,16-13+/t19-/m1/s1. The molecule has 0 aromatic heterocycles. The van der Waals surface area contributed by atoms with Crippen molar-refractivity contribution in [2.75, 3.05) is 6.54 Å². The zero-order valence-electron chi connectivity index (χ0n) is 14.9. The van der Waals surface area contributed by atoms with Gasteiger partial charge in [-0.2, -0.15) is 0 Å². The fourth-order valence-corrected chi connectivity index (χ4v) is 1.79. The molecule has 0 saturated carbocycles. The first-order chi connectivity index (χ1) is 11.1. The molecule has 1 atom stereocenters. The Hall–Kier alpha value is -1.61. The molecule has 1 amide bonds. The van der Waals surface area contributed by atoms with Crippen molar-refractivity contribution in [3.05, 3.63) is 48.6 Å². The second-order valence-electron chi connectivity index (χ2n) is 6.04. The molecular formula is C20H33NO2. The first-order valence-corrected chi connectivity index (χ1v) is 8.68. The molecule has 0 aromatic carbocycles. The summed E-state index contributed by atoms with van der Waals surface area (Å²) in [6.45, 7) is 6.99. The average Bonchev–Trinajstić information content (AvgIpc) is 2.51. The number of hydrogen-bond acceptors (Lipinski definition) is 2. The number of hydrogen-bond donors (Lipinski definition) is 2. The number of carbonyl (C=O) groups excluding carboxylic acids is 1. The van der Waals surface area contributed by atoms with E-state index >= 15 is 0 Å². The normalized spacial score (nSPS) is 14.0. The molecule has 3 nitrogen and oxygen atoms in total. The van der Waals surface area contributed by atoms with Crippen LogP contribution >= 0.6 is 0 Å². The van der Waals surface area contributed by atoms with Gasteiger partial charge < -0.3 is 10.4 Å². The Bertz CT molecular complexity index is 406. The molecule has 0 fully saturated rings. The van der Waals surface area contributed by atoms with Crippen LogP contribution in [0.3, 0.4) is 0 Å². The van der Waals surface area contributed by atoms with Gasteiger partial charge in [0.1, 0.15) is 0 Å². The Morgan fingerprint density at radius 3 is 2.43 bits per heavy atom. The predicted octanol–water partition coefficient (Wildman–Crippen LogP) is 4.31. The summed E-state index contributed by atoms with van der Waals surface area (Å²) in [6, 6.07) is 0. The largest absolute Gasteiger partial charge is 0.389 e. The van der Waals surface area contributed by atoms with Crippen LogP contribution in [0.25, 0.3) is 0 Å². The SMILES string of the molecule is CCCCC[C@@H](O)/C=C/C=C/C/C=C\C=C\C(=O)NCC(C)C. The molecule has 23 heavy (non-hydrogen) atoms. The van der Waals surface area contributed by atoms with Gasteiger partial charge in [0.25, 0.3) is 0 Å². The second kappa shape index (κ2) is 15.3. The quantitative estimate of drug-likeness (QED) is 0.320. The van der Waals surface area contributed by atoms with Gasteiger partial charge in [0.2, 0.25) is 5.91 Å². The summed E-state index contributed by atoms with van der Waals surface area (Å²) in [5.74, 6) is 0.408. The number of carbonyl (C=O) groups is 1. The van der Waals surface area contributed by atoms with Crippen molar-refractivity contribution >= 4 is 5.91 Å². The second-order valence-corrected chi connectivity index (χ2v) is 6.04. The van der Waals surface area contributed by atoms with Crippen molar-refractivity contribution in [3.8, 4) is 0 Å². The molecule has 0 radical (unpaired) electrons. The van der Waals surface area contributed by atoms with E-state index in [4.69, 9.17) is 0 Å². The van der Waals surface area contributed by atoms with Gasteiger partial charge in [-0.1, -0.05) is 82.6 Å². The van der Waals surface area contributed by atoms with E-state index in [1.165, 1.54) is 18.9 Å². The smallest absolute Gasteiger partial charge is 0.243 e. The van der Waals surface area contributed by atoms with Gasteiger partial charge in [-0.05, 0) is 18.8 Å². The van der Waals surface area contributed by atoms with Crippen LogP contribution < -0.4 is 5.32 Å². The molecule has 0 aromatic rings. The monoisotopic (exact) mass is 319 g/mol. The molecule has 0 spiro atoms. The Morgan fingerprint density at radius 2 is 1.78 bits per heavy atom. The highest BCUT2D eigenvalue weighted by Crippen LogP contribution is 2.04. The Kier molecular flexibility index (Phi) is 14.2. The van der Waals surface area contributed by atoms with Crippen molar-refractivity contribution in [3.63, 3.8) is 0 Å². The Morgan fingerprint density at radius 1 is 1.09 bits per heavy atom. The summed E-state index contributed by atoms with van der Waals surface area (Å²) in [4.78, 5) is 11.4. The van der Waals surface area contributed by atoms with Crippen LogP contribution in [-0.2, 0) is 4.79 Å². The topological polar surface area (TPSA) is 49.3 Å². The fraction of sp³-hybridized carbons (Fsp3) is 0.550. The lowest BCUT2D eigenvalue weighted by Crippen LogP contribution is -2.25. The molecule has 0 heterocycles. The number of amides is 1. The van der Waals surface area contributed by atoms with E-state index in [0.717, 1.165) is 19.3 Å². The number of aliphatic hydroxyl groups is 1. The van der Waals surface area contributed by atoms with Crippen molar-refractivity contribution in [1.29, 1.82) is 0 Å². The van der Waals surface area contributed by atoms with Crippen LogP contribution in [0.2, 0.25) is 0 Å². The lowest BCUT2D eigenvalue weighted by Gasteiger charge is -2.03. The predicted molar refractivity (Wildman–Crippen MR) is 99.2 cm³/mol. The zero-order valence-corrected chi connectivity index (χ0v) is 14.9. The van der Waals surface area contributed by atoms with Gasteiger partial charge in [0, 0.05) is 12.6 Å². The van der Waals surface area contributed by atoms with Gasteiger partial charge in [0.05, 0.1) is 6.10 Å². The summed E-state index contributed by atoms with van der Waals surface area (Å²) >= 11 is 0. The van der Waals surface area contributed by atoms with E-state index in [9.17, 15) is 9.90 Å². The number of allylic oxidation sites excluding steroid dienone is 6. The van der Waals surface area contributed by atoms with Gasteiger partial charge in [-0.15, -0.1) is 0 Å². The van der Waals surface area contributed by atoms with Crippen LogP contribution in [0.4, 0.5) is 0 Å². The highest BCUT2D eigenvalue weighted by molar-refractivity contribution is 5.87. The van der Waals surface area contributed by atoms with E-state index in [1.54, 1.807) is 6.08 Å². The number of nitrogens with one attached hydrogen (secondary N) is 1. The molecule has 0 aliphatic heterocycles. The molecule has 0 bridgehead atoms. The minimum Gasteiger partial charge on any atom is -0.389 e. The minimum atomic E-state index is -0.339. The molecule has 2 N–H and O–H groups in total. The van der Waals surface area contributed by atoms with Gasteiger partial charge in [-0.3, -0.25) is 4.79 Å². The molecule has 0 aliphatic carbocycles. The van der Waals surface area contributed by atoms with Crippen LogP contribution in [-0.4, -0.2) is 23.7 Å².